The molecule has 1 aliphatic rings. The molecule has 0 atom stereocenters. The summed E-state index contributed by atoms with van der Waals surface area (Å²) in [6, 6.07) is 7.34. The molecule has 0 spiro atoms. The molecule has 0 saturated carbocycles. The van der Waals surface area contributed by atoms with E-state index < -0.39 is 0 Å². The van der Waals surface area contributed by atoms with Gasteiger partial charge >= 0.3 is 6.09 Å². The summed E-state index contributed by atoms with van der Waals surface area (Å²) < 4.78 is 5.07. The summed E-state index contributed by atoms with van der Waals surface area (Å²) in [6.07, 6.45) is 0.474. The predicted octanol–water partition coefficient (Wildman–Crippen LogP) is 2.39. The van der Waals surface area contributed by atoms with E-state index in [1.807, 2.05) is 32.0 Å². The highest BCUT2D eigenvalue weighted by molar-refractivity contribution is 5.93. The molecule has 1 amide bonds. The van der Waals surface area contributed by atoms with Gasteiger partial charge in [-0.1, -0.05) is 12.1 Å². The number of nitrogen functional groups attached to an aromatic ring is 1. The van der Waals surface area contributed by atoms with Crippen molar-refractivity contribution in [3.05, 3.63) is 24.3 Å². The lowest BCUT2D eigenvalue weighted by molar-refractivity contribution is 0.115. The molecule has 2 N–H and O–H groups in total. The first-order valence-electron chi connectivity index (χ1n) is 5.34. The van der Waals surface area contributed by atoms with Gasteiger partial charge in [0.25, 0.3) is 0 Å². The molecular weight excluding hydrogens is 204 g/mol. The Kier molecular flexibility index (Phi) is 2.50. The lowest BCUT2D eigenvalue weighted by Gasteiger charge is -2.41. The maximum absolute atomic E-state index is 11.8. The fourth-order valence-electron chi connectivity index (χ4n) is 1.93. The molecule has 4 heteroatoms. The second-order valence-electron chi connectivity index (χ2n) is 4.57. The van der Waals surface area contributed by atoms with Gasteiger partial charge in [0.05, 0.1) is 18.0 Å². The number of anilines is 2. The van der Waals surface area contributed by atoms with E-state index in [4.69, 9.17) is 10.5 Å². The van der Waals surface area contributed by atoms with Crippen LogP contribution in [0.3, 0.4) is 0 Å². The summed E-state index contributed by atoms with van der Waals surface area (Å²) in [5.41, 5.74) is 6.94. The lowest BCUT2D eigenvalue weighted by Crippen LogP contribution is -2.53. The molecule has 0 aromatic heterocycles. The minimum Gasteiger partial charge on any atom is -0.449 e. The predicted molar refractivity (Wildman–Crippen MR) is 63.4 cm³/mol. The molecule has 1 saturated heterocycles. The molecule has 1 heterocycles. The van der Waals surface area contributed by atoms with Crippen molar-refractivity contribution in [1.82, 2.24) is 0 Å². The van der Waals surface area contributed by atoms with Crippen LogP contribution in [0.1, 0.15) is 20.3 Å². The summed E-state index contributed by atoms with van der Waals surface area (Å²) in [5, 5.41) is 0. The minimum atomic E-state index is -0.325. The van der Waals surface area contributed by atoms with E-state index in [1.165, 1.54) is 0 Å². The largest absolute Gasteiger partial charge is 0.449 e. The Balaban J connectivity index is 2.44. The van der Waals surface area contributed by atoms with E-state index in [0.717, 1.165) is 12.1 Å². The zero-order valence-corrected chi connectivity index (χ0v) is 9.56. The van der Waals surface area contributed by atoms with Crippen LogP contribution in [0.4, 0.5) is 16.2 Å². The Morgan fingerprint density at radius 1 is 1.38 bits per heavy atom. The second kappa shape index (κ2) is 3.70. The van der Waals surface area contributed by atoms with Crippen LogP contribution in [-0.4, -0.2) is 18.2 Å². The molecule has 1 aromatic carbocycles. The topological polar surface area (TPSA) is 55.6 Å². The van der Waals surface area contributed by atoms with E-state index in [0.29, 0.717) is 12.3 Å². The Labute approximate surface area is 95.0 Å². The summed E-state index contributed by atoms with van der Waals surface area (Å²) in [5.74, 6) is 0. The fourth-order valence-corrected chi connectivity index (χ4v) is 1.93. The Morgan fingerprint density at radius 2 is 2.06 bits per heavy atom. The van der Waals surface area contributed by atoms with Crippen molar-refractivity contribution in [3.63, 3.8) is 0 Å². The highest BCUT2D eigenvalue weighted by atomic mass is 16.6. The average Bonchev–Trinajstić information content (AvgIpc) is 2.19. The zero-order chi connectivity index (χ0) is 11.8. The molecule has 86 valence electrons. The minimum absolute atomic E-state index is 0.259. The van der Waals surface area contributed by atoms with Crippen LogP contribution < -0.4 is 10.6 Å². The molecule has 0 aliphatic carbocycles. The highest BCUT2D eigenvalue weighted by Gasteiger charge is 2.38. The molecule has 1 aliphatic heterocycles. The monoisotopic (exact) mass is 220 g/mol. The van der Waals surface area contributed by atoms with Crippen molar-refractivity contribution in [1.29, 1.82) is 0 Å². The van der Waals surface area contributed by atoms with Gasteiger partial charge in [0.1, 0.15) is 0 Å². The van der Waals surface area contributed by atoms with Crippen molar-refractivity contribution >= 4 is 17.5 Å². The van der Waals surface area contributed by atoms with E-state index in [2.05, 4.69) is 0 Å². The number of amides is 1. The number of ether oxygens (including phenoxy) is 1. The number of nitrogens with zero attached hydrogens (tertiary/aromatic N) is 1. The normalized spacial score (nSPS) is 19.4. The third kappa shape index (κ3) is 1.71. The van der Waals surface area contributed by atoms with E-state index in [-0.39, 0.29) is 11.6 Å². The summed E-state index contributed by atoms with van der Waals surface area (Å²) in [7, 11) is 0. The van der Waals surface area contributed by atoms with Crippen LogP contribution in [0, 0.1) is 0 Å². The first kappa shape index (κ1) is 10.8. The SMILES string of the molecule is CC1(C)CCOC(=O)N1c1ccccc1N. The number of carbonyl (C=O) groups is 1. The number of carbonyl (C=O) groups excluding carboxylic acids is 1. The summed E-state index contributed by atoms with van der Waals surface area (Å²) in [6.45, 7) is 4.49. The van der Waals surface area contributed by atoms with Gasteiger partial charge in [-0.3, -0.25) is 4.90 Å². The molecule has 2 rings (SSSR count). The molecular formula is C12H16N2O2. The van der Waals surface area contributed by atoms with Gasteiger partial charge in [-0.2, -0.15) is 0 Å². The van der Waals surface area contributed by atoms with E-state index in [1.54, 1.807) is 11.0 Å². The quantitative estimate of drug-likeness (QED) is 0.739. The standard InChI is InChI=1S/C12H16N2O2/c1-12(2)7-8-16-11(15)14(12)10-6-4-3-5-9(10)13/h3-6H,7-8,13H2,1-2H3. The van der Waals surface area contributed by atoms with Crippen molar-refractivity contribution in [2.24, 2.45) is 0 Å². The molecule has 0 unspecified atom stereocenters. The zero-order valence-electron chi connectivity index (χ0n) is 9.56. The first-order chi connectivity index (χ1) is 7.52. The summed E-state index contributed by atoms with van der Waals surface area (Å²) >= 11 is 0. The van der Waals surface area contributed by atoms with Gasteiger partial charge in [0.2, 0.25) is 0 Å². The number of rotatable bonds is 1. The number of nitrogens with two attached hydrogens (primary N) is 1. The van der Waals surface area contributed by atoms with E-state index in [9.17, 15) is 4.79 Å². The smallest absolute Gasteiger partial charge is 0.414 e. The van der Waals surface area contributed by atoms with Crippen LogP contribution in [0.2, 0.25) is 0 Å². The van der Waals surface area contributed by atoms with Crippen LogP contribution in [0.5, 0.6) is 0 Å². The van der Waals surface area contributed by atoms with E-state index >= 15 is 0 Å². The molecule has 1 aromatic rings. The van der Waals surface area contributed by atoms with Crippen LogP contribution >= 0.6 is 0 Å². The third-order valence-corrected chi connectivity index (χ3v) is 2.90. The Morgan fingerprint density at radius 3 is 2.69 bits per heavy atom. The molecule has 0 radical (unpaired) electrons. The average molecular weight is 220 g/mol. The number of benzene rings is 1. The number of para-hydroxylation sites is 2. The van der Waals surface area contributed by atoms with Crippen molar-refractivity contribution in [2.45, 2.75) is 25.8 Å². The Hall–Kier alpha value is -1.71. The third-order valence-electron chi connectivity index (χ3n) is 2.90. The number of hydrogen-bond donors (Lipinski definition) is 1. The number of hydrogen-bond acceptors (Lipinski definition) is 3. The van der Waals surface area contributed by atoms with Gasteiger partial charge in [0.15, 0.2) is 0 Å². The molecule has 1 fully saturated rings. The van der Waals surface area contributed by atoms with Crippen molar-refractivity contribution < 1.29 is 9.53 Å². The number of cyclic esters (lactones) is 1. The molecule has 16 heavy (non-hydrogen) atoms. The first-order valence-corrected chi connectivity index (χ1v) is 5.34. The second-order valence-corrected chi connectivity index (χ2v) is 4.57. The Bertz CT molecular complexity index is 415. The van der Waals surface area contributed by atoms with Gasteiger partial charge < -0.3 is 10.5 Å². The molecule has 0 bridgehead atoms. The van der Waals surface area contributed by atoms with Crippen LogP contribution in [0.15, 0.2) is 24.3 Å². The van der Waals surface area contributed by atoms with Crippen molar-refractivity contribution in [2.75, 3.05) is 17.2 Å². The lowest BCUT2D eigenvalue weighted by atomic mass is 9.96. The fraction of sp³-hybridized carbons (Fsp3) is 0.417. The maximum atomic E-state index is 11.8. The van der Waals surface area contributed by atoms with Crippen LogP contribution in [0.25, 0.3) is 0 Å². The highest BCUT2D eigenvalue weighted by Crippen LogP contribution is 2.34. The van der Waals surface area contributed by atoms with Gasteiger partial charge in [-0.05, 0) is 26.0 Å². The van der Waals surface area contributed by atoms with Gasteiger partial charge in [-0.25, -0.2) is 4.79 Å². The van der Waals surface area contributed by atoms with Gasteiger partial charge in [-0.15, -0.1) is 0 Å². The van der Waals surface area contributed by atoms with Crippen molar-refractivity contribution in [3.8, 4) is 0 Å². The van der Waals surface area contributed by atoms with Crippen LogP contribution in [-0.2, 0) is 4.74 Å². The van der Waals surface area contributed by atoms with Gasteiger partial charge in [0, 0.05) is 12.0 Å². The summed E-state index contributed by atoms with van der Waals surface area (Å²) in [4.78, 5) is 13.4. The molecule has 4 nitrogen and oxygen atoms in total. The maximum Gasteiger partial charge on any atom is 0.414 e.